The van der Waals surface area contributed by atoms with E-state index >= 15 is 0 Å². The van der Waals surface area contributed by atoms with Crippen LogP contribution >= 0.6 is 0 Å². The van der Waals surface area contributed by atoms with Gasteiger partial charge in [-0.3, -0.25) is 4.79 Å². The van der Waals surface area contributed by atoms with Gasteiger partial charge in [0, 0.05) is 6.92 Å². The van der Waals surface area contributed by atoms with Crippen LogP contribution in [0.15, 0.2) is 24.3 Å². The van der Waals surface area contributed by atoms with Crippen LogP contribution in [0.4, 0.5) is 8.78 Å². The SMILES string of the molecule is CC(F)(F)c1ccccc1OCCC(=O)O. The summed E-state index contributed by atoms with van der Waals surface area (Å²) in [6.07, 6.45) is -0.219. The fraction of sp³-hybridized carbons (Fsp3) is 0.364. The normalized spacial score (nSPS) is 11.2. The Balaban J connectivity index is 2.76. The van der Waals surface area contributed by atoms with Gasteiger partial charge in [0.05, 0.1) is 18.6 Å². The first-order chi connectivity index (χ1) is 7.41. The lowest BCUT2D eigenvalue weighted by Gasteiger charge is -2.15. The van der Waals surface area contributed by atoms with Crippen molar-refractivity contribution in [3.63, 3.8) is 0 Å². The minimum absolute atomic E-state index is 0.0243. The van der Waals surface area contributed by atoms with Gasteiger partial charge in [-0.2, -0.15) is 0 Å². The first kappa shape index (κ1) is 12.4. The molecule has 0 amide bonds. The Morgan fingerprint density at radius 2 is 2.06 bits per heavy atom. The van der Waals surface area contributed by atoms with E-state index in [4.69, 9.17) is 9.84 Å². The molecule has 0 spiro atoms. The summed E-state index contributed by atoms with van der Waals surface area (Å²) >= 11 is 0. The Bertz CT molecular complexity index is 372. The van der Waals surface area contributed by atoms with Crippen molar-refractivity contribution in [3.8, 4) is 5.75 Å². The fourth-order valence-electron chi connectivity index (χ4n) is 1.20. The molecule has 0 saturated heterocycles. The summed E-state index contributed by atoms with van der Waals surface area (Å²) in [5.41, 5.74) is -0.236. The quantitative estimate of drug-likeness (QED) is 0.845. The van der Waals surface area contributed by atoms with Crippen LogP contribution in [0.2, 0.25) is 0 Å². The van der Waals surface area contributed by atoms with Gasteiger partial charge in [-0.15, -0.1) is 0 Å². The van der Waals surface area contributed by atoms with E-state index in [-0.39, 0.29) is 24.3 Å². The Hall–Kier alpha value is -1.65. The standard InChI is InChI=1S/C11H12F2O3/c1-11(12,13)8-4-2-3-5-9(8)16-7-6-10(14)15/h2-5H,6-7H2,1H3,(H,14,15). The number of benzene rings is 1. The third-order valence-corrected chi connectivity index (χ3v) is 1.93. The second kappa shape index (κ2) is 4.92. The van der Waals surface area contributed by atoms with Crippen LogP contribution in [-0.2, 0) is 10.7 Å². The van der Waals surface area contributed by atoms with Gasteiger partial charge in [0.1, 0.15) is 5.75 Å². The number of aliphatic carboxylic acids is 1. The molecule has 1 rings (SSSR count). The van der Waals surface area contributed by atoms with Crippen LogP contribution in [0.25, 0.3) is 0 Å². The Labute approximate surface area is 91.7 Å². The number of halogens is 2. The van der Waals surface area contributed by atoms with Crippen molar-refractivity contribution in [1.82, 2.24) is 0 Å². The summed E-state index contributed by atoms with van der Waals surface area (Å²) in [6.45, 7) is 0.648. The number of alkyl halides is 2. The number of hydrogen-bond acceptors (Lipinski definition) is 2. The molecule has 0 bridgehead atoms. The number of hydrogen-bond donors (Lipinski definition) is 1. The molecule has 0 saturated carbocycles. The van der Waals surface area contributed by atoms with Gasteiger partial charge in [-0.05, 0) is 12.1 Å². The molecule has 0 unspecified atom stereocenters. The lowest BCUT2D eigenvalue weighted by molar-refractivity contribution is -0.137. The second-order valence-corrected chi connectivity index (χ2v) is 3.38. The number of ether oxygens (including phenoxy) is 1. The van der Waals surface area contributed by atoms with E-state index in [1.54, 1.807) is 6.07 Å². The maximum atomic E-state index is 13.1. The molecule has 0 aromatic heterocycles. The highest BCUT2D eigenvalue weighted by atomic mass is 19.3. The zero-order valence-corrected chi connectivity index (χ0v) is 8.74. The number of carboxylic acids is 1. The van der Waals surface area contributed by atoms with E-state index in [2.05, 4.69) is 0 Å². The molecular weight excluding hydrogens is 218 g/mol. The lowest BCUT2D eigenvalue weighted by atomic mass is 10.1. The van der Waals surface area contributed by atoms with E-state index in [1.165, 1.54) is 18.2 Å². The fourth-order valence-corrected chi connectivity index (χ4v) is 1.20. The maximum Gasteiger partial charge on any atom is 0.306 e. The van der Waals surface area contributed by atoms with Crippen LogP contribution in [0.5, 0.6) is 5.75 Å². The summed E-state index contributed by atoms with van der Waals surface area (Å²) in [5, 5.41) is 8.39. The van der Waals surface area contributed by atoms with E-state index < -0.39 is 11.9 Å². The summed E-state index contributed by atoms with van der Waals surface area (Å²) < 4.78 is 31.2. The second-order valence-electron chi connectivity index (χ2n) is 3.38. The van der Waals surface area contributed by atoms with Crippen LogP contribution in [-0.4, -0.2) is 17.7 Å². The van der Waals surface area contributed by atoms with Crippen LogP contribution in [0, 0.1) is 0 Å². The summed E-state index contributed by atoms with van der Waals surface area (Å²) in [6, 6.07) is 5.70. The molecule has 0 aliphatic heterocycles. The average molecular weight is 230 g/mol. The molecule has 0 aliphatic carbocycles. The molecule has 16 heavy (non-hydrogen) atoms. The predicted molar refractivity (Wildman–Crippen MR) is 53.8 cm³/mol. The van der Waals surface area contributed by atoms with Crippen molar-refractivity contribution >= 4 is 5.97 Å². The van der Waals surface area contributed by atoms with Gasteiger partial charge >= 0.3 is 5.97 Å². The van der Waals surface area contributed by atoms with Gasteiger partial charge in [0.25, 0.3) is 5.92 Å². The number of para-hydroxylation sites is 1. The highest BCUT2D eigenvalue weighted by Crippen LogP contribution is 2.34. The van der Waals surface area contributed by atoms with Crippen molar-refractivity contribution in [2.24, 2.45) is 0 Å². The van der Waals surface area contributed by atoms with Gasteiger partial charge in [-0.25, -0.2) is 8.78 Å². The zero-order valence-electron chi connectivity index (χ0n) is 8.74. The van der Waals surface area contributed by atoms with Crippen molar-refractivity contribution in [3.05, 3.63) is 29.8 Å². The maximum absolute atomic E-state index is 13.1. The molecule has 0 heterocycles. The minimum atomic E-state index is -3.00. The summed E-state index contributed by atoms with van der Waals surface area (Å²) in [5.74, 6) is -4.00. The topological polar surface area (TPSA) is 46.5 Å². The van der Waals surface area contributed by atoms with E-state index in [0.717, 1.165) is 6.92 Å². The first-order valence-corrected chi connectivity index (χ1v) is 4.73. The zero-order chi connectivity index (χ0) is 12.2. The summed E-state index contributed by atoms with van der Waals surface area (Å²) in [4.78, 5) is 10.2. The van der Waals surface area contributed by atoms with Crippen molar-refractivity contribution in [1.29, 1.82) is 0 Å². The van der Waals surface area contributed by atoms with E-state index in [9.17, 15) is 13.6 Å². The molecule has 3 nitrogen and oxygen atoms in total. The Kier molecular flexibility index (Phi) is 3.82. The monoisotopic (exact) mass is 230 g/mol. The first-order valence-electron chi connectivity index (χ1n) is 4.73. The molecule has 1 aromatic rings. The molecular formula is C11H12F2O3. The third kappa shape index (κ3) is 3.49. The molecule has 5 heteroatoms. The average Bonchev–Trinajstić information content (AvgIpc) is 2.16. The molecule has 0 atom stereocenters. The molecule has 88 valence electrons. The molecule has 1 aromatic carbocycles. The van der Waals surface area contributed by atoms with Crippen molar-refractivity contribution < 1.29 is 23.4 Å². The van der Waals surface area contributed by atoms with E-state index in [0.29, 0.717) is 0 Å². The Morgan fingerprint density at radius 3 is 2.62 bits per heavy atom. The van der Waals surface area contributed by atoms with Gasteiger partial charge in [0.15, 0.2) is 0 Å². The van der Waals surface area contributed by atoms with E-state index in [1.807, 2.05) is 0 Å². The molecule has 0 fully saturated rings. The molecule has 0 aliphatic rings. The van der Waals surface area contributed by atoms with Gasteiger partial charge < -0.3 is 9.84 Å². The highest BCUT2D eigenvalue weighted by molar-refractivity contribution is 5.66. The lowest BCUT2D eigenvalue weighted by Crippen LogP contribution is -2.12. The number of carboxylic acid groups (broad SMARTS) is 1. The van der Waals surface area contributed by atoms with Gasteiger partial charge in [-0.1, -0.05) is 12.1 Å². The van der Waals surface area contributed by atoms with Crippen LogP contribution in [0.3, 0.4) is 0 Å². The van der Waals surface area contributed by atoms with Crippen molar-refractivity contribution in [2.45, 2.75) is 19.3 Å². The van der Waals surface area contributed by atoms with Crippen LogP contribution in [0.1, 0.15) is 18.9 Å². The Morgan fingerprint density at radius 1 is 1.44 bits per heavy atom. The molecule has 1 N–H and O–H groups in total. The van der Waals surface area contributed by atoms with Crippen LogP contribution < -0.4 is 4.74 Å². The highest BCUT2D eigenvalue weighted by Gasteiger charge is 2.28. The number of carbonyl (C=O) groups is 1. The smallest absolute Gasteiger partial charge is 0.306 e. The largest absolute Gasteiger partial charge is 0.492 e. The van der Waals surface area contributed by atoms with Gasteiger partial charge in [0.2, 0.25) is 0 Å². The van der Waals surface area contributed by atoms with Crippen molar-refractivity contribution in [2.75, 3.05) is 6.61 Å². The number of rotatable bonds is 5. The summed E-state index contributed by atoms with van der Waals surface area (Å²) in [7, 11) is 0. The predicted octanol–water partition coefficient (Wildman–Crippen LogP) is 2.65. The third-order valence-electron chi connectivity index (χ3n) is 1.93. The minimum Gasteiger partial charge on any atom is -0.492 e. The molecule has 0 radical (unpaired) electrons.